The lowest BCUT2D eigenvalue weighted by molar-refractivity contribution is 0.0953. The number of benzene rings is 1. The molecule has 92 valence electrons. The van der Waals surface area contributed by atoms with Gasteiger partial charge in [0.15, 0.2) is 0 Å². The van der Waals surface area contributed by atoms with Crippen LogP contribution in [0.4, 0.5) is 4.39 Å². The van der Waals surface area contributed by atoms with Crippen LogP contribution in [0.3, 0.4) is 0 Å². The van der Waals surface area contributed by atoms with Crippen molar-refractivity contribution in [3.05, 3.63) is 59.3 Å². The lowest BCUT2D eigenvalue weighted by atomic mass is 10.2. The van der Waals surface area contributed by atoms with E-state index in [0.717, 1.165) is 0 Å². The Morgan fingerprint density at radius 2 is 2.17 bits per heavy atom. The van der Waals surface area contributed by atoms with Crippen LogP contribution in [0, 0.1) is 12.7 Å². The molecule has 0 atom stereocenters. The second-order valence-corrected chi connectivity index (χ2v) is 3.61. The minimum atomic E-state index is -0.395. The number of nitrogens with one attached hydrogen (secondary N) is 1. The van der Waals surface area contributed by atoms with Crippen LogP contribution in [-0.2, 0) is 0 Å². The molecule has 1 amide bonds. The van der Waals surface area contributed by atoms with Crippen LogP contribution in [0.1, 0.15) is 21.7 Å². The Morgan fingerprint density at radius 3 is 2.83 bits per heavy atom. The molecule has 18 heavy (non-hydrogen) atoms. The molecule has 0 spiro atoms. The summed E-state index contributed by atoms with van der Waals surface area (Å²) < 4.78 is 18.2. The molecule has 2 rings (SSSR count). The zero-order valence-corrected chi connectivity index (χ0v) is 9.68. The Bertz CT molecular complexity index is 590. The van der Waals surface area contributed by atoms with Crippen molar-refractivity contribution in [3.8, 4) is 0 Å². The van der Waals surface area contributed by atoms with Crippen molar-refractivity contribution >= 4 is 12.1 Å². The summed E-state index contributed by atoms with van der Waals surface area (Å²) in [5.41, 5.74) is 3.02. The Balaban J connectivity index is 2.03. The van der Waals surface area contributed by atoms with E-state index in [4.69, 9.17) is 4.42 Å². The highest BCUT2D eigenvalue weighted by atomic mass is 19.1. The zero-order chi connectivity index (χ0) is 13.0. The fraction of sp³-hybridized carbons (Fsp3) is 0.0769. The van der Waals surface area contributed by atoms with Crippen LogP contribution in [0.25, 0.3) is 0 Å². The van der Waals surface area contributed by atoms with Crippen molar-refractivity contribution in [1.82, 2.24) is 5.43 Å². The van der Waals surface area contributed by atoms with Gasteiger partial charge in [-0.3, -0.25) is 4.79 Å². The van der Waals surface area contributed by atoms with E-state index in [-0.39, 0.29) is 0 Å². The smallest absolute Gasteiger partial charge is 0.274 e. The molecule has 0 radical (unpaired) electrons. The zero-order valence-electron chi connectivity index (χ0n) is 9.68. The summed E-state index contributed by atoms with van der Waals surface area (Å²) in [6.45, 7) is 1.68. The molecule has 1 heterocycles. The third-order valence-electron chi connectivity index (χ3n) is 2.38. The molecule has 1 N–H and O–H groups in total. The Morgan fingerprint density at radius 1 is 1.39 bits per heavy atom. The van der Waals surface area contributed by atoms with Gasteiger partial charge in [-0.1, -0.05) is 18.2 Å². The van der Waals surface area contributed by atoms with Crippen molar-refractivity contribution < 1.29 is 13.6 Å². The summed E-state index contributed by atoms with van der Waals surface area (Å²) in [5.74, 6) is -0.280. The van der Waals surface area contributed by atoms with Crippen LogP contribution >= 0.6 is 0 Å². The second kappa shape index (κ2) is 5.27. The predicted molar refractivity (Wildman–Crippen MR) is 64.9 cm³/mol. The SMILES string of the molecule is Cc1occc1C(=O)N/N=C\c1ccccc1F. The maximum atomic E-state index is 13.2. The fourth-order valence-corrected chi connectivity index (χ4v) is 1.42. The first-order chi connectivity index (χ1) is 8.68. The number of furan rings is 1. The van der Waals surface area contributed by atoms with Crippen molar-refractivity contribution in [2.24, 2.45) is 5.10 Å². The third-order valence-corrected chi connectivity index (χ3v) is 2.38. The van der Waals surface area contributed by atoms with Gasteiger partial charge in [0.05, 0.1) is 18.0 Å². The predicted octanol–water partition coefficient (Wildman–Crippen LogP) is 2.49. The van der Waals surface area contributed by atoms with E-state index in [1.807, 2.05) is 0 Å². The Labute approximate surface area is 103 Å². The number of carbonyl (C=O) groups excluding carboxylic acids is 1. The lowest BCUT2D eigenvalue weighted by Gasteiger charge is -1.98. The van der Waals surface area contributed by atoms with Crippen LogP contribution in [0.15, 0.2) is 46.1 Å². The molecule has 0 aliphatic carbocycles. The van der Waals surface area contributed by atoms with Crippen LogP contribution in [0.2, 0.25) is 0 Å². The number of amides is 1. The number of carbonyl (C=O) groups is 1. The molecular weight excluding hydrogens is 235 g/mol. The molecule has 0 aliphatic heterocycles. The number of rotatable bonds is 3. The van der Waals surface area contributed by atoms with Crippen LogP contribution in [0.5, 0.6) is 0 Å². The van der Waals surface area contributed by atoms with Gasteiger partial charge in [0.1, 0.15) is 11.6 Å². The van der Waals surface area contributed by atoms with Gasteiger partial charge in [0, 0.05) is 5.56 Å². The van der Waals surface area contributed by atoms with E-state index in [0.29, 0.717) is 16.9 Å². The number of hydrazone groups is 1. The number of aryl methyl sites for hydroxylation is 1. The van der Waals surface area contributed by atoms with Crippen LogP contribution < -0.4 is 5.43 Å². The molecule has 1 aromatic carbocycles. The van der Waals surface area contributed by atoms with E-state index >= 15 is 0 Å². The summed E-state index contributed by atoms with van der Waals surface area (Å²) in [6, 6.07) is 7.70. The number of hydrogen-bond acceptors (Lipinski definition) is 3. The number of nitrogens with zero attached hydrogens (tertiary/aromatic N) is 1. The van der Waals surface area contributed by atoms with Gasteiger partial charge in [-0.15, -0.1) is 0 Å². The van der Waals surface area contributed by atoms with E-state index < -0.39 is 11.7 Å². The largest absolute Gasteiger partial charge is 0.469 e. The fourth-order valence-electron chi connectivity index (χ4n) is 1.42. The molecule has 0 bridgehead atoms. The van der Waals surface area contributed by atoms with Gasteiger partial charge in [0.25, 0.3) is 5.91 Å². The third kappa shape index (κ3) is 2.63. The van der Waals surface area contributed by atoms with Crippen molar-refractivity contribution in [2.75, 3.05) is 0 Å². The summed E-state index contributed by atoms with van der Waals surface area (Å²) in [7, 11) is 0. The minimum Gasteiger partial charge on any atom is -0.469 e. The summed E-state index contributed by atoms with van der Waals surface area (Å²) in [5, 5.41) is 3.69. The lowest BCUT2D eigenvalue weighted by Crippen LogP contribution is -2.17. The summed E-state index contributed by atoms with van der Waals surface area (Å²) >= 11 is 0. The first kappa shape index (κ1) is 12.0. The molecule has 0 saturated heterocycles. The molecule has 5 heteroatoms. The van der Waals surface area contributed by atoms with Crippen molar-refractivity contribution in [2.45, 2.75) is 6.92 Å². The molecule has 0 unspecified atom stereocenters. The highest BCUT2D eigenvalue weighted by Crippen LogP contribution is 2.08. The monoisotopic (exact) mass is 246 g/mol. The average molecular weight is 246 g/mol. The highest BCUT2D eigenvalue weighted by Gasteiger charge is 2.09. The highest BCUT2D eigenvalue weighted by molar-refractivity contribution is 5.95. The molecule has 0 saturated carbocycles. The Hall–Kier alpha value is -2.43. The quantitative estimate of drug-likeness (QED) is 0.668. The normalized spacial score (nSPS) is 10.8. The van der Waals surface area contributed by atoms with E-state index in [2.05, 4.69) is 10.5 Å². The van der Waals surface area contributed by atoms with Gasteiger partial charge in [-0.25, -0.2) is 9.82 Å². The van der Waals surface area contributed by atoms with E-state index in [1.165, 1.54) is 18.5 Å². The van der Waals surface area contributed by atoms with Crippen molar-refractivity contribution in [1.29, 1.82) is 0 Å². The van der Waals surface area contributed by atoms with Gasteiger partial charge < -0.3 is 4.42 Å². The molecular formula is C13H11FN2O2. The molecule has 1 aromatic heterocycles. The van der Waals surface area contributed by atoms with E-state index in [1.54, 1.807) is 31.2 Å². The second-order valence-electron chi connectivity index (χ2n) is 3.61. The maximum absolute atomic E-state index is 13.2. The first-order valence-corrected chi connectivity index (χ1v) is 5.30. The van der Waals surface area contributed by atoms with Gasteiger partial charge >= 0.3 is 0 Å². The summed E-state index contributed by atoms with van der Waals surface area (Å²) in [4.78, 5) is 11.6. The van der Waals surface area contributed by atoms with Gasteiger partial charge in [-0.05, 0) is 19.1 Å². The van der Waals surface area contributed by atoms with Gasteiger partial charge in [-0.2, -0.15) is 5.10 Å². The topological polar surface area (TPSA) is 54.6 Å². The first-order valence-electron chi connectivity index (χ1n) is 5.30. The molecule has 0 aliphatic rings. The van der Waals surface area contributed by atoms with Crippen molar-refractivity contribution in [3.63, 3.8) is 0 Å². The van der Waals surface area contributed by atoms with E-state index in [9.17, 15) is 9.18 Å². The van der Waals surface area contributed by atoms with Crippen LogP contribution in [-0.4, -0.2) is 12.1 Å². The Kier molecular flexibility index (Phi) is 3.52. The number of hydrogen-bond donors (Lipinski definition) is 1. The number of halogens is 1. The molecule has 4 nitrogen and oxygen atoms in total. The maximum Gasteiger partial charge on any atom is 0.274 e. The molecule has 0 fully saturated rings. The van der Waals surface area contributed by atoms with Gasteiger partial charge in [0.2, 0.25) is 0 Å². The molecule has 2 aromatic rings. The average Bonchev–Trinajstić information content (AvgIpc) is 2.78. The summed E-state index contributed by atoms with van der Waals surface area (Å²) in [6.07, 6.45) is 2.67. The minimum absolute atomic E-state index is 0.307. The standard InChI is InChI=1S/C13H11FN2O2/c1-9-11(6-7-18-9)13(17)16-15-8-10-4-2-3-5-12(10)14/h2-8H,1H3,(H,16,17)/b15-8-.